The molecule has 2 N–H and O–H groups in total. The number of ether oxygens (including phenoxy) is 2. The number of halogens is 1. The van der Waals surface area contributed by atoms with E-state index in [9.17, 15) is 4.39 Å². The normalized spacial score (nSPS) is 21.8. The monoisotopic (exact) mass is 241 g/mol. The molecule has 0 saturated carbocycles. The first-order chi connectivity index (χ1) is 7.98. The molecule has 1 aromatic rings. The molecule has 2 rings (SSSR count). The van der Waals surface area contributed by atoms with Crippen molar-refractivity contribution in [1.82, 2.24) is 0 Å². The highest BCUT2D eigenvalue weighted by atomic mass is 19.1. The van der Waals surface area contributed by atoms with Crippen LogP contribution in [0.1, 0.15) is 39.4 Å². The summed E-state index contributed by atoms with van der Waals surface area (Å²) in [5, 5.41) is 0. The number of hydrogen-bond acceptors (Lipinski definition) is 3. The molecule has 1 atom stereocenters. The summed E-state index contributed by atoms with van der Waals surface area (Å²) in [6.45, 7) is 7.98. The molecule has 1 heterocycles. The second-order valence-electron chi connectivity index (χ2n) is 4.10. The van der Waals surface area contributed by atoms with Crippen LogP contribution in [0, 0.1) is 5.82 Å². The lowest BCUT2D eigenvalue weighted by Gasteiger charge is -2.17. The molecule has 96 valence electrons. The average Bonchev–Trinajstić information content (AvgIpc) is 2.61. The van der Waals surface area contributed by atoms with Crippen molar-refractivity contribution in [2.24, 2.45) is 0 Å². The molecule has 1 aliphatic heterocycles. The summed E-state index contributed by atoms with van der Waals surface area (Å²) in [6, 6.07) is 4.59. The van der Waals surface area contributed by atoms with E-state index in [0.717, 1.165) is 0 Å². The van der Waals surface area contributed by atoms with Gasteiger partial charge in [-0.2, -0.15) is 0 Å². The lowest BCUT2D eigenvalue weighted by molar-refractivity contribution is -0.139. The van der Waals surface area contributed by atoms with Crippen LogP contribution < -0.4 is 5.73 Å². The third-order valence-corrected chi connectivity index (χ3v) is 2.38. The average molecular weight is 241 g/mol. The smallest absolute Gasteiger partial charge is 0.163 e. The SMILES string of the molecule is CC.CC1(C)OCC(c2ccc(N)cc2F)O1. The van der Waals surface area contributed by atoms with Crippen LogP contribution in [0.4, 0.5) is 10.1 Å². The van der Waals surface area contributed by atoms with Crippen LogP contribution in [-0.2, 0) is 9.47 Å². The van der Waals surface area contributed by atoms with Gasteiger partial charge < -0.3 is 15.2 Å². The predicted octanol–water partition coefficient (Wildman–Crippen LogP) is 3.26. The van der Waals surface area contributed by atoms with Crippen molar-refractivity contribution in [2.45, 2.75) is 39.6 Å². The van der Waals surface area contributed by atoms with Gasteiger partial charge in [-0.05, 0) is 26.0 Å². The van der Waals surface area contributed by atoms with Crippen LogP contribution in [0.5, 0.6) is 0 Å². The van der Waals surface area contributed by atoms with Crippen molar-refractivity contribution in [3.63, 3.8) is 0 Å². The van der Waals surface area contributed by atoms with Gasteiger partial charge in [0.1, 0.15) is 11.9 Å². The topological polar surface area (TPSA) is 44.5 Å². The fourth-order valence-electron chi connectivity index (χ4n) is 1.64. The molecule has 17 heavy (non-hydrogen) atoms. The van der Waals surface area contributed by atoms with Gasteiger partial charge in [-0.15, -0.1) is 0 Å². The van der Waals surface area contributed by atoms with Gasteiger partial charge in [-0.1, -0.05) is 19.9 Å². The molecular weight excluding hydrogens is 221 g/mol. The summed E-state index contributed by atoms with van der Waals surface area (Å²) in [5.74, 6) is -0.986. The second-order valence-corrected chi connectivity index (χ2v) is 4.10. The Morgan fingerprint density at radius 2 is 2.00 bits per heavy atom. The molecule has 1 aliphatic rings. The maximum atomic E-state index is 13.5. The fraction of sp³-hybridized carbons (Fsp3) is 0.538. The summed E-state index contributed by atoms with van der Waals surface area (Å²) in [6.07, 6.45) is -0.347. The molecule has 0 aromatic heterocycles. The lowest BCUT2D eigenvalue weighted by Crippen LogP contribution is -2.19. The Kier molecular flexibility index (Phi) is 4.48. The van der Waals surface area contributed by atoms with Gasteiger partial charge in [0.25, 0.3) is 0 Å². The zero-order chi connectivity index (χ0) is 13.1. The minimum absolute atomic E-state index is 0.346. The van der Waals surface area contributed by atoms with Gasteiger partial charge in [0.05, 0.1) is 6.61 Å². The number of nitrogens with two attached hydrogens (primary N) is 1. The Morgan fingerprint density at radius 1 is 1.35 bits per heavy atom. The Morgan fingerprint density at radius 3 is 2.47 bits per heavy atom. The van der Waals surface area contributed by atoms with Crippen molar-refractivity contribution in [1.29, 1.82) is 0 Å². The first-order valence-electron chi connectivity index (χ1n) is 5.85. The number of nitrogen functional groups attached to an aromatic ring is 1. The Hall–Kier alpha value is -1.13. The summed E-state index contributed by atoms with van der Waals surface area (Å²) in [7, 11) is 0. The van der Waals surface area contributed by atoms with Crippen molar-refractivity contribution in [3.8, 4) is 0 Å². The first-order valence-corrected chi connectivity index (χ1v) is 5.85. The van der Waals surface area contributed by atoms with E-state index in [0.29, 0.717) is 17.9 Å². The summed E-state index contributed by atoms with van der Waals surface area (Å²) >= 11 is 0. The largest absolute Gasteiger partial charge is 0.399 e. The third-order valence-electron chi connectivity index (χ3n) is 2.38. The van der Waals surface area contributed by atoms with Crippen LogP contribution >= 0.6 is 0 Å². The molecule has 0 spiro atoms. The van der Waals surface area contributed by atoms with Gasteiger partial charge in [0, 0.05) is 11.3 Å². The quantitative estimate of drug-likeness (QED) is 0.767. The van der Waals surface area contributed by atoms with E-state index in [1.165, 1.54) is 6.07 Å². The molecule has 0 radical (unpaired) electrons. The van der Waals surface area contributed by atoms with Crippen molar-refractivity contribution in [3.05, 3.63) is 29.6 Å². The van der Waals surface area contributed by atoms with Crippen molar-refractivity contribution < 1.29 is 13.9 Å². The van der Waals surface area contributed by atoms with E-state index in [-0.39, 0.29) is 11.9 Å². The van der Waals surface area contributed by atoms with Crippen LogP contribution in [-0.4, -0.2) is 12.4 Å². The van der Waals surface area contributed by atoms with E-state index in [2.05, 4.69) is 0 Å². The number of rotatable bonds is 1. The fourth-order valence-corrected chi connectivity index (χ4v) is 1.64. The van der Waals surface area contributed by atoms with Crippen LogP contribution in [0.3, 0.4) is 0 Å². The van der Waals surface area contributed by atoms with E-state index < -0.39 is 5.79 Å². The highest BCUT2D eigenvalue weighted by Gasteiger charge is 2.34. The molecule has 1 saturated heterocycles. The number of anilines is 1. The number of hydrogen-bond donors (Lipinski definition) is 1. The van der Waals surface area contributed by atoms with Gasteiger partial charge in [0.15, 0.2) is 5.79 Å². The molecule has 0 aliphatic carbocycles. The summed E-state index contributed by atoms with van der Waals surface area (Å²) < 4.78 is 24.5. The molecule has 0 amide bonds. The number of benzene rings is 1. The van der Waals surface area contributed by atoms with Crippen molar-refractivity contribution in [2.75, 3.05) is 12.3 Å². The van der Waals surface area contributed by atoms with Crippen LogP contribution in [0.15, 0.2) is 18.2 Å². The lowest BCUT2D eigenvalue weighted by atomic mass is 10.1. The highest BCUT2D eigenvalue weighted by Crippen LogP contribution is 2.34. The molecule has 3 nitrogen and oxygen atoms in total. The van der Waals surface area contributed by atoms with Gasteiger partial charge in [0.2, 0.25) is 0 Å². The Bertz CT molecular complexity index is 380. The van der Waals surface area contributed by atoms with E-state index in [1.807, 2.05) is 27.7 Å². The van der Waals surface area contributed by atoms with Crippen molar-refractivity contribution >= 4 is 5.69 Å². The predicted molar refractivity (Wildman–Crippen MR) is 66.0 cm³/mol. The molecule has 1 fully saturated rings. The van der Waals surface area contributed by atoms with Crippen LogP contribution in [0.2, 0.25) is 0 Å². The Balaban J connectivity index is 0.000000686. The zero-order valence-electron chi connectivity index (χ0n) is 10.8. The molecule has 1 aromatic carbocycles. The first kappa shape index (κ1) is 13.9. The van der Waals surface area contributed by atoms with Gasteiger partial charge in [-0.3, -0.25) is 0 Å². The van der Waals surface area contributed by atoms with Gasteiger partial charge >= 0.3 is 0 Å². The minimum Gasteiger partial charge on any atom is -0.399 e. The molecule has 0 bridgehead atoms. The van der Waals surface area contributed by atoms with E-state index in [1.54, 1.807) is 12.1 Å². The molecular formula is C13H20FNO2. The Labute approximate surface area is 102 Å². The molecule has 1 unspecified atom stereocenters. The van der Waals surface area contributed by atoms with Gasteiger partial charge in [-0.25, -0.2) is 4.39 Å². The minimum atomic E-state index is -0.640. The van der Waals surface area contributed by atoms with E-state index in [4.69, 9.17) is 15.2 Å². The molecule has 4 heteroatoms. The maximum absolute atomic E-state index is 13.5. The maximum Gasteiger partial charge on any atom is 0.163 e. The van der Waals surface area contributed by atoms with Crippen LogP contribution in [0.25, 0.3) is 0 Å². The second kappa shape index (κ2) is 5.47. The third kappa shape index (κ3) is 3.41. The summed E-state index contributed by atoms with van der Waals surface area (Å²) in [5.41, 5.74) is 6.37. The standard InChI is InChI=1S/C11H14FNO2.C2H6/c1-11(2)14-6-10(15-11)8-4-3-7(13)5-9(8)12;1-2/h3-5,10H,6,13H2,1-2H3;1-2H3. The highest BCUT2D eigenvalue weighted by molar-refractivity contribution is 5.41. The van der Waals surface area contributed by atoms with E-state index >= 15 is 0 Å². The summed E-state index contributed by atoms with van der Waals surface area (Å²) in [4.78, 5) is 0. The zero-order valence-corrected chi connectivity index (χ0v) is 10.8.